The van der Waals surface area contributed by atoms with Gasteiger partial charge in [0.05, 0.1) is 6.54 Å². The number of halogens is 3. The third kappa shape index (κ3) is 7.02. The fourth-order valence-corrected chi connectivity index (χ4v) is 3.48. The van der Waals surface area contributed by atoms with Gasteiger partial charge in [0.15, 0.2) is 17.5 Å². The Hall–Kier alpha value is -1.56. The van der Waals surface area contributed by atoms with Crippen LogP contribution in [-0.4, -0.2) is 57.5 Å². The van der Waals surface area contributed by atoms with Gasteiger partial charge in [0.25, 0.3) is 0 Å². The van der Waals surface area contributed by atoms with Gasteiger partial charge in [-0.15, -0.1) is 24.0 Å². The summed E-state index contributed by atoms with van der Waals surface area (Å²) in [6.45, 7) is 3.03. The van der Waals surface area contributed by atoms with Crippen molar-refractivity contribution in [3.63, 3.8) is 0 Å². The lowest BCUT2D eigenvalue weighted by molar-refractivity contribution is -0.0505. The molecule has 7 nitrogen and oxygen atoms in total. The lowest BCUT2D eigenvalue weighted by atomic mass is 9.99. The van der Waals surface area contributed by atoms with Crippen molar-refractivity contribution in [3.05, 3.63) is 17.7 Å². The van der Waals surface area contributed by atoms with E-state index in [0.717, 1.165) is 19.6 Å². The Balaban J connectivity index is 0.00000300. The molecular formula is C19H29F2IN4O3. The van der Waals surface area contributed by atoms with E-state index >= 15 is 0 Å². The Morgan fingerprint density at radius 3 is 2.76 bits per heavy atom. The van der Waals surface area contributed by atoms with Crippen molar-refractivity contribution < 1.29 is 23.0 Å². The van der Waals surface area contributed by atoms with E-state index < -0.39 is 6.61 Å². The van der Waals surface area contributed by atoms with Crippen LogP contribution in [0, 0.1) is 5.92 Å². The number of piperidine rings is 1. The lowest BCUT2D eigenvalue weighted by Gasteiger charge is -2.30. The fraction of sp³-hybridized carbons (Fsp3) is 0.632. The highest BCUT2D eigenvalue weighted by atomic mass is 127. The minimum atomic E-state index is -2.92. The van der Waals surface area contributed by atoms with Gasteiger partial charge >= 0.3 is 6.61 Å². The van der Waals surface area contributed by atoms with Crippen LogP contribution in [0.1, 0.15) is 25.3 Å². The zero-order chi connectivity index (χ0) is 19.9. The van der Waals surface area contributed by atoms with Crippen LogP contribution in [0.25, 0.3) is 0 Å². The van der Waals surface area contributed by atoms with Crippen LogP contribution in [0.15, 0.2) is 17.1 Å². The van der Waals surface area contributed by atoms with Crippen molar-refractivity contribution >= 4 is 29.9 Å². The predicted molar refractivity (Wildman–Crippen MR) is 118 cm³/mol. The summed E-state index contributed by atoms with van der Waals surface area (Å²) < 4.78 is 40.8. The molecule has 0 amide bonds. The summed E-state index contributed by atoms with van der Waals surface area (Å²) in [4.78, 5) is 6.87. The largest absolute Gasteiger partial charge is 0.454 e. The van der Waals surface area contributed by atoms with E-state index in [1.54, 1.807) is 6.07 Å². The van der Waals surface area contributed by atoms with Crippen LogP contribution in [0.3, 0.4) is 0 Å². The number of hydrogen-bond acceptors (Lipinski definition) is 5. The number of alkyl halides is 2. The van der Waals surface area contributed by atoms with E-state index in [9.17, 15) is 8.78 Å². The molecule has 2 aliphatic rings. The maximum atomic E-state index is 12.8. The zero-order valence-electron chi connectivity index (χ0n) is 16.7. The molecule has 0 aliphatic carbocycles. The molecule has 0 saturated carbocycles. The van der Waals surface area contributed by atoms with Crippen LogP contribution >= 0.6 is 24.0 Å². The molecule has 0 aromatic heterocycles. The van der Waals surface area contributed by atoms with E-state index in [-0.39, 0.29) is 43.1 Å². The summed E-state index contributed by atoms with van der Waals surface area (Å²) in [5.74, 6) is 2.17. The SMILES string of the molecule is CCNC(=NCc1cc2c(cc1OC(F)F)OCO2)NCC1CCCN(C)C1.I. The topological polar surface area (TPSA) is 67.4 Å². The number of benzene rings is 1. The van der Waals surface area contributed by atoms with Crippen LogP contribution in [0.4, 0.5) is 8.78 Å². The zero-order valence-corrected chi connectivity index (χ0v) is 19.1. The Morgan fingerprint density at radius 2 is 2.07 bits per heavy atom. The van der Waals surface area contributed by atoms with Gasteiger partial charge in [0, 0.05) is 31.3 Å². The summed E-state index contributed by atoms with van der Waals surface area (Å²) in [5.41, 5.74) is 0.513. The van der Waals surface area contributed by atoms with Crippen molar-refractivity contribution in [2.24, 2.45) is 10.9 Å². The summed E-state index contributed by atoms with van der Waals surface area (Å²) >= 11 is 0. The minimum Gasteiger partial charge on any atom is -0.454 e. The molecule has 1 fully saturated rings. The summed E-state index contributed by atoms with van der Waals surface area (Å²) in [6, 6.07) is 3.07. The van der Waals surface area contributed by atoms with Crippen LogP contribution in [0.2, 0.25) is 0 Å². The highest BCUT2D eigenvalue weighted by Crippen LogP contribution is 2.39. The summed E-state index contributed by atoms with van der Waals surface area (Å²) in [6.07, 6.45) is 2.38. The number of rotatable bonds is 7. The number of ether oxygens (including phenoxy) is 3. The van der Waals surface area contributed by atoms with Gasteiger partial charge in [-0.25, -0.2) is 4.99 Å². The average molecular weight is 526 g/mol. The molecule has 0 bridgehead atoms. The van der Waals surface area contributed by atoms with E-state index in [0.29, 0.717) is 35.5 Å². The van der Waals surface area contributed by atoms with Crippen LogP contribution in [-0.2, 0) is 6.54 Å². The first-order valence-electron chi connectivity index (χ1n) is 9.63. The van der Waals surface area contributed by atoms with Gasteiger partial charge in [0.2, 0.25) is 6.79 Å². The third-order valence-electron chi connectivity index (χ3n) is 4.80. The number of aliphatic imine (C=N–C) groups is 1. The van der Waals surface area contributed by atoms with Crippen molar-refractivity contribution in [1.29, 1.82) is 0 Å². The van der Waals surface area contributed by atoms with Gasteiger partial charge in [-0.05, 0) is 45.3 Å². The first kappa shape index (κ1) is 23.7. The number of likely N-dealkylation sites (tertiary alicyclic amines) is 1. The van der Waals surface area contributed by atoms with Gasteiger partial charge in [-0.3, -0.25) is 0 Å². The molecule has 1 unspecified atom stereocenters. The quantitative estimate of drug-likeness (QED) is 0.324. The number of guanidine groups is 1. The van der Waals surface area contributed by atoms with Crippen LogP contribution in [0.5, 0.6) is 17.2 Å². The molecule has 1 saturated heterocycles. The molecule has 29 heavy (non-hydrogen) atoms. The van der Waals surface area contributed by atoms with Crippen molar-refractivity contribution in [1.82, 2.24) is 15.5 Å². The fourth-order valence-electron chi connectivity index (χ4n) is 3.48. The molecule has 2 N–H and O–H groups in total. The molecule has 0 spiro atoms. The standard InChI is InChI=1S/C19H28F2N4O3.HI/c1-3-22-19(23-9-13-5-4-6-25(2)11-13)24-10-14-7-16-17(27-12-26-16)8-15(14)28-18(20)21;/h7-8,13,18H,3-6,9-12H2,1-2H3,(H2,22,23,24);1H. The average Bonchev–Trinajstić information content (AvgIpc) is 3.10. The van der Waals surface area contributed by atoms with Gasteiger partial charge in [0.1, 0.15) is 5.75 Å². The predicted octanol–water partition coefficient (Wildman–Crippen LogP) is 3.03. The van der Waals surface area contributed by atoms with Crippen molar-refractivity contribution in [2.45, 2.75) is 32.9 Å². The second-order valence-electron chi connectivity index (χ2n) is 7.04. The van der Waals surface area contributed by atoms with Gasteiger partial charge < -0.3 is 29.7 Å². The highest BCUT2D eigenvalue weighted by molar-refractivity contribution is 14.0. The van der Waals surface area contributed by atoms with Crippen molar-refractivity contribution in [3.8, 4) is 17.2 Å². The first-order chi connectivity index (χ1) is 13.5. The minimum absolute atomic E-state index is 0. The second kappa shape index (κ2) is 11.6. The summed E-state index contributed by atoms with van der Waals surface area (Å²) in [7, 11) is 2.13. The van der Waals surface area contributed by atoms with Crippen LogP contribution < -0.4 is 24.8 Å². The lowest BCUT2D eigenvalue weighted by Crippen LogP contribution is -2.43. The molecule has 164 valence electrons. The van der Waals surface area contributed by atoms with Crippen molar-refractivity contribution in [2.75, 3.05) is 40.0 Å². The van der Waals surface area contributed by atoms with E-state index in [1.165, 1.54) is 18.9 Å². The monoisotopic (exact) mass is 526 g/mol. The molecule has 2 heterocycles. The summed E-state index contributed by atoms with van der Waals surface area (Å²) in [5, 5.41) is 6.56. The molecule has 10 heteroatoms. The molecule has 1 aromatic carbocycles. The Bertz CT molecular complexity index is 694. The number of nitrogens with one attached hydrogen (secondary N) is 2. The number of fused-ring (bicyclic) bond motifs is 1. The highest BCUT2D eigenvalue weighted by Gasteiger charge is 2.20. The van der Waals surface area contributed by atoms with Gasteiger partial charge in [-0.1, -0.05) is 0 Å². The Labute approximate surface area is 187 Å². The number of hydrogen-bond donors (Lipinski definition) is 2. The van der Waals surface area contributed by atoms with Gasteiger partial charge in [-0.2, -0.15) is 8.78 Å². The molecule has 0 radical (unpaired) electrons. The first-order valence-corrected chi connectivity index (χ1v) is 9.63. The molecule has 3 rings (SSSR count). The maximum absolute atomic E-state index is 12.8. The smallest absolute Gasteiger partial charge is 0.387 e. The molecule has 2 aliphatic heterocycles. The maximum Gasteiger partial charge on any atom is 0.387 e. The third-order valence-corrected chi connectivity index (χ3v) is 4.80. The second-order valence-corrected chi connectivity index (χ2v) is 7.04. The normalized spacial score (nSPS) is 19.1. The van der Waals surface area contributed by atoms with E-state index in [4.69, 9.17) is 9.47 Å². The Kier molecular flexibility index (Phi) is 9.47. The van der Waals surface area contributed by atoms with E-state index in [1.807, 2.05) is 6.92 Å². The molecular weight excluding hydrogens is 497 g/mol. The molecule has 1 aromatic rings. The Morgan fingerprint density at radius 1 is 1.31 bits per heavy atom. The number of nitrogens with zero attached hydrogens (tertiary/aromatic N) is 2. The van der Waals surface area contributed by atoms with E-state index in [2.05, 4.69) is 32.3 Å². The molecule has 1 atom stereocenters.